The maximum Gasteiger partial charge on any atom is 0.0983 e. The monoisotopic (exact) mass is 270 g/mol. The van der Waals surface area contributed by atoms with Crippen LogP contribution in [0.4, 0.5) is 0 Å². The van der Waals surface area contributed by atoms with Gasteiger partial charge in [0.05, 0.1) is 11.7 Å². The van der Waals surface area contributed by atoms with Crippen LogP contribution in [0.1, 0.15) is 18.4 Å². The van der Waals surface area contributed by atoms with E-state index in [4.69, 9.17) is 21.1 Å². The number of aliphatic hydroxyl groups is 1. The first-order valence-electron chi connectivity index (χ1n) is 6.22. The third-order valence-corrected chi connectivity index (χ3v) is 3.95. The Morgan fingerprint density at radius 3 is 2.50 bits per heavy atom. The summed E-state index contributed by atoms with van der Waals surface area (Å²) in [6.45, 7) is 1.29. The summed E-state index contributed by atoms with van der Waals surface area (Å²) in [5.74, 6) is 0. The topological polar surface area (TPSA) is 38.7 Å². The molecule has 18 heavy (non-hydrogen) atoms. The van der Waals surface area contributed by atoms with Crippen molar-refractivity contribution in [2.75, 3.05) is 20.3 Å². The predicted molar refractivity (Wildman–Crippen MR) is 71.0 cm³/mol. The van der Waals surface area contributed by atoms with Gasteiger partial charge in [-0.05, 0) is 17.7 Å². The Morgan fingerprint density at radius 2 is 1.94 bits per heavy atom. The zero-order valence-electron chi connectivity index (χ0n) is 10.6. The molecule has 3 nitrogen and oxygen atoms in total. The van der Waals surface area contributed by atoms with E-state index in [-0.39, 0.29) is 0 Å². The molecule has 1 fully saturated rings. The van der Waals surface area contributed by atoms with E-state index >= 15 is 0 Å². The average Bonchev–Trinajstić information content (AvgIpc) is 2.42. The molecule has 1 aromatic carbocycles. The molecule has 1 heterocycles. The lowest BCUT2D eigenvalue weighted by Crippen LogP contribution is -2.49. The van der Waals surface area contributed by atoms with Crippen molar-refractivity contribution in [3.8, 4) is 0 Å². The zero-order chi connectivity index (χ0) is 13.0. The van der Waals surface area contributed by atoms with Gasteiger partial charge in [-0.3, -0.25) is 0 Å². The van der Waals surface area contributed by atoms with Gasteiger partial charge in [0.1, 0.15) is 0 Å². The van der Waals surface area contributed by atoms with E-state index in [1.165, 1.54) is 0 Å². The smallest absolute Gasteiger partial charge is 0.0983 e. The molecule has 0 amide bonds. The number of aliphatic hydroxyl groups excluding tert-OH is 1. The fourth-order valence-electron chi connectivity index (χ4n) is 2.42. The van der Waals surface area contributed by atoms with Crippen LogP contribution in [-0.2, 0) is 15.9 Å². The summed E-state index contributed by atoms with van der Waals surface area (Å²) >= 11 is 5.85. The highest BCUT2D eigenvalue weighted by atomic mass is 35.5. The van der Waals surface area contributed by atoms with Crippen LogP contribution in [-0.4, -0.2) is 37.1 Å². The van der Waals surface area contributed by atoms with Gasteiger partial charge in [-0.25, -0.2) is 0 Å². The molecular formula is C14H19ClO3. The molecule has 1 aliphatic heterocycles. The lowest BCUT2D eigenvalue weighted by Gasteiger charge is -2.39. The van der Waals surface area contributed by atoms with Gasteiger partial charge in [0.2, 0.25) is 0 Å². The van der Waals surface area contributed by atoms with Crippen LogP contribution in [0.2, 0.25) is 5.02 Å². The van der Waals surface area contributed by atoms with Crippen LogP contribution < -0.4 is 0 Å². The number of rotatable bonds is 4. The van der Waals surface area contributed by atoms with Crippen molar-refractivity contribution in [1.29, 1.82) is 0 Å². The van der Waals surface area contributed by atoms with Crippen LogP contribution in [0.25, 0.3) is 0 Å². The summed E-state index contributed by atoms with van der Waals surface area (Å²) in [4.78, 5) is 0. The SMILES string of the molecule is COC1(C(O)Cc2ccc(Cl)cc2)CCOCC1. The van der Waals surface area contributed by atoms with Gasteiger partial charge in [0, 0.05) is 44.6 Å². The maximum atomic E-state index is 10.4. The van der Waals surface area contributed by atoms with Gasteiger partial charge < -0.3 is 14.6 Å². The normalized spacial score (nSPS) is 20.6. The van der Waals surface area contributed by atoms with Gasteiger partial charge in [0.25, 0.3) is 0 Å². The summed E-state index contributed by atoms with van der Waals surface area (Å²) in [6.07, 6.45) is 1.52. The van der Waals surface area contributed by atoms with Gasteiger partial charge in [-0.2, -0.15) is 0 Å². The van der Waals surface area contributed by atoms with E-state index in [0.717, 1.165) is 18.4 Å². The molecule has 0 aliphatic carbocycles. The van der Waals surface area contributed by atoms with Crippen LogP contribution in [0, 0.1) is 0 Å². The highest BCUT2D eigenvalue weighted by molar-refractivity contribution is 6.30. The first kappa shape index (κ1) is 13.8. The lowest BCUT2D eigenvalue weighted by atomic mass is 9.85. The molecule has 1 atom stereocenters. The Labute approximate surface area is 113 Å². The quantitative estimate of drug-likeness (QED) is 0.913. The van der Waals surface area contributed by atoms with Crippen LogP contribution in [0.5, 0.6) is 0 Å². The molecule has 1 aliphatic rings. The van der Waals surface area contributed by atoms with E-state index < -0.39 is 11.7 Å². The molecule has 0 spiro atoms. The highest BCUT2D eigenvalue weighted by Gasteiger charge is 2.39. The summed E-state index contributed by atoms with van der Waals surface area (Å²) in [7, 11) is 1.66. The minimum Gasteiger partial charge on any atom is -0.390 e. The molecule has 0 bridgehead atoms. The second kappa shape index (κ2) is 6.02. The van der Waals surface area contributed by atoms with Crippen molar-refractivity contribution in [3.05, 3.63) is 34.9 Å². The predicted octanol–water partition coefficient (Wildman–Crippen LogP) is 2.44. The average molecular weight is 271 g/mol. The largest absolute Gasteiger partial charge is 0.390 e. The number of methoxy groups -OCH3 is 1. The van der Waals surface area contributed by atoms with Gasteiger partial charge in [-0.1, -0.05) is 23.7 Å². The molecular weight excluding hydrogens is 252 g/mol. The molecule has 0 radical (unpaired) electrons. The minimum absolute atomic E-state index is 0.474. The second-order valence-electron chi connectivity index (χ2n) is 4.73. The van der Waals surface area contributed by atoms with E-state index in [2.05, 4.69) is 0 Å². The van der Waals surface area contributed by atoms with Gasteiger partial charge >= 0.3 is 0 Å². The van der Waals surface area contributed by atoms with Gasteiger partial charge in [-0.15, -0.1) is 0 Å². The number of benzene rings is 1. The third-order valence-electron chi connectivity index (χ3n) is 3.70. The molecule has 0 aromatic heterocycles. The van der Waals surface area contributed by atoms with E-state index in [9.17, 15) is 5.11 Å². The Balaban J connectivity index is 2.05. The first-order chi connectivity index (χ1) is 8.66. The van der Waals surface area contributed by atoms with Crippen LogP contribution >= 0.6 is 11.6 Å². The van der Waals surface area contributed by atoms with Crippen molar-refractivity contribution in [2.45, 2.75) is 31.0 Å². The fourth-order valence-corrected chi connectivity index (χ4v) is 2.55. The van der Waals surface area contributed by atoms with Crippen molar-refractivity contribution >= 4 is 11.6 Å². The molecule has 0 saturated carbocycles. The number of ether oxygens (including phenoxy) is 2. The van der Waals surface area contributed by atoms with E-state index in [1.54, 1.807) is 7.11 Å². The molecule has 4 heteroatoms. The van der Waals surface area contributed by atoms with E-state index in [1.807, 2.05) is 24.3 Å². The van der Waals surface area contributed by atoms with Crippen molar-refractivity contribution in [3.63, 3.8) is 0 Å². The zero-order valence-corrected chi connectivity index (χ0v) is 11.3. The Morgan fingerprint density at radius 1 is 1.33 bits per heavy atom. The fraction of sp³-hybridized carbons (Fsp3) is 0.571. The number of hydrogen-bond donors (Lipinski definition) is 1. The molecule has 1 N–H and O–H groups in total. The highest BCUT2D eigenvalue weighted by Crippen LogP contribution is 2.30. The second-order valence-corrected chi connectivity index (χ2v) is 5.16. The number of hydrogen-bond acceptors (Lipinski definition) is 3. The summed E-state index contributed by atoms with van der Waals surface area (Å²) in [6, 6.07) is 7.56. The van der Waals surface area contributed by atoms with Crippen molar-refractivity contribution in [1.82, 2.24) is 0 Å². The molecule has 1 saturated heterocycles. The Bertz CT molecular complexity index is 371. The van der Waals surface area contributed by atoms with Crippen LogP contribution in [0.3, 0.4) is 0 Å². The third kappa shape index (κ3) is 3.04. The summed E-state index contributed by atoms with van der Waals surface area (Å²) in [5, 5.41) is 11.1. The lowest BCUT2D eigenvalue weighted by molar-refractivity contribution is -0.151. The molecule has 100 valence electrons. The molecule has 2 rings (SSSR count). The van der Waals surface area contributed by atoms with Crippen molar-refractivity contribution in [2.24, 2.45) is 0 Å². The number of halogens is 1. The minimum atomic E-state index is -0.521. The summed E-state index contributed by atoms with van der Waals surface area (Å²) < 4.78 is 10.9. The maximum absolute atomic E-state index is 10.4. The van der Waals surface area contributed by atoms with Crippen LogP contribution in [0.15, 0.2) is 24.3 Å². The van der Waals surface area contributed by atoms with E-state index in [0.29, 0.717) is 24.7 Å². The Hall–Kier alpha value is -0.610. The standard InChI is InChI=1S/C14H19ClO3/c1-17-14(6-8-18-9-7-14)13(16)10-11-2-4-12(15)5-3-11/h2-5,13,16H,6-10H2,1H3. The Kier molecular flexibility index (Phi) is 4.62. The molecule has 1 aromatic rings. The molecule has 1 unspecified atom stereocenters. The first-order valence-corrected chi connectivity index (χ1v) is 6.59. The summed E-state index contributed by atoms with van der Waals surface area (Å²) in [5.41, 5.74) is 0.590. The van der Waals surface area contributed by atoms with Crippen molar-refractivity contribution < 1.29 is 14.6 Å². The van der Waals surface area contributed by atoms with Gasteiger partial charge in [0.15, 0.2) is 0 Å².